The summed E-state index contributed by atoms with van der Waals surface area (Å²) in [6, 6.07) is 5.92. The smallest absolute Gasteiger partial charge is 0.416 e. The van der Waals surface area contributed by atoms with Gasteiger partial charge >= 0.3 is 6.18 Å². The largest absolute Gasteiger partial charge is 0.504 e. The van der Waals surface area contributed by atoms with Gasteiger partial charge in [-0.2, -0.15) is 22.7 Å². The van der Waals surface area contributed by atoms with Crippen LogP contribution in [0.1, 0.15) is 65.1 Å². The van der Waals surface area contributed by atoms with Crippen molar-refractivity contribution in [1.29, 1.82) is 0 Å². The highest BCUT2D eigenvalue weighted by Crippen LogP contribution is 2.50. The van der Waals surface area contributed by atoms with Crippen LogP contribution in [0.3, 0.4) is 0 Å². The number of fused-ring (bicyclic) bond motifs is 3. The molecular weight excluding hydrogens is 707 g/mol. The Morgan fingerprint density at radius 3 is 2.54 bits per heavy atom. The number of nitrogens with one attached hydrogen (secondary N) is 1. The number of likely N-dealkylation sites (tertiary alicyclic amines) is 1. The molecular formula is C34H31ClF3N9O5. The molecule has 2 amide bonds. The van der Waals surface area contributed by atoms with Crippen molar-refractivity contribution in [2.75, 3.05) is 25.5 Å². The average molecular weight is 738 g/mol. The van der Waals surface area contributed by atoms with Crippen LogP contribution in [-0.2, 0) is 22.9 Å². The maximum absolute atomic E-state index is 14.5. The van der Waals surface area contributed by atoms with E-state index < -0.39 is 34.5 Å². The van der Waals surface area contributed by atoms with E-state index in [9.17, 15) is 32.7 Å². The first-order valence-electron chi connectivity index (χ1n) is 16.2. The van der Waals surface area contributed by atoms with Crippen LogP contribution in [0.4, 0.5) is 18.9 Å². The second-order valence-corrected chi connectivity index (χ2v) is 13.4. The molecule has 2 N–H and O–H groups in total. The van der Waals surface area contributed by atoms with E-state index in [1.807, 2.05) is 6.92 Å². The van der Waals surface area contributed by atoms with E-state index in [2.05, 4.69) is 30.4 Å². The number of alkyl halides is 3. The third-order valence-electron chi connectivity index (χ3n) is 9.77. The number of nitrogens with zero attached hydrogens (tertiary/aromatic N) is 8. The molecule has 4 aromatic heterocycles. The van der Waals surface area contributed by atoms with E-state index in [-0.39, 0.29) is 65.0 Å². The predicted molar refractivity (Wildman–Crippen MR) is 180 cm³/mol. The van der Waals surface area contributed by atoms with E-state index in [4.69, 9.17) is 16.3 Å². The van der Waals surface area contributed by atoms with Gasteiger partial charge in [0.2, 0.25) is 17.6 Å². The van der Waals surface area contributed by atoms with Gasteiger partial charge in [-0.05, 0) is 56.4 Å². The van der Waals surface area contributed by atoms with Crippen molar-refractivity contribution in [3.05, 3.63) is 86.4 Å². The van der Waals surface area contributed by atoms with Crippen LogP contribution in [0, 0.1) is 6.92 Å². The number of methoxy groups -OCH3 is 1. The summed E-state index contributed by atoms with van der Waals surface area (Å²) >= 11 is 6.14. The second kappa shape index (κ2) is 12.9. The number of benzene rings is 1. The number of aryl methyl sites for hydroxylation is 1. The standard InChI is InChI=1S/C34H31ClF3N9O5/c1-17-13-33(8-10-45(11-9-33)31(51)26-28(49)18(2)40-16-41-26)25-27(17)46(15-23(48)42-22-6-5-20(12-21(22)35)34(36,37)38)32-43-29(44-47(32)30(25)50)19-4-7-24(52-3)39-14-19/h4-7,12,14,16-17,49H,8-11,13,15H2,1-3H3,(H,42,48). The summed E-state index contributed by atoms with van der Waals surface area (Å²) in [5.74, 6) is -1.01. The first-order valence-corrected chi connectivity index (χ1v) is 16.6. The van der Waals surface area contributed by atoms with E-state index in [1.54, 1.807) is 28.5 Å². The number of hydrogen-bond donors (Lipinski definition) is 2. The Morgan fingerprint density at radius 2 is 1.88 bits per heavy atom. The summed E-state index contributed by atoms with van der Waals surface area (Å²) < 4.78 is 47.6. The fraction of sp³-hybridized carbons (Fsp3) is 0.353. The minimum Gasteiger partial charge on any atom is -0.504 e. The first kappa shape index (κ1) is 34.9. The summed E-state index contributed by atoms with van der Waals surface area (Å²) in [5, 5.41) is 17.3. The van der Waals surface area contributed by atoms with E-state index in [1.165, 1.54) is 19.6 Å². The number of rotatable bonds is 6. The molecule has 1 aromatic carbocycles. The number of pyridine rings is 1. The van der Waals surface area contributed by atoms with Gasteiger partial charge in [-0.15, -0.1) is 5.10 Å². The van der Waals surface area contributed by atoms with Crippen molar-refractivity contribution < 1.29 is 32.6 Å². The zero-order valence-electron chi connectivity index (χ0n) is 28.0. The zero-order valence-corrected chi connectivity index (χ0v) is 28.8. The Bertz CT molecular complexity index is 2300. The number of aromatic hydroxyl groups is 1. The highest BCUT2D eigenvalue weighted by atomic mass is 35.5. The third kappa shape index (κ3) is 5.97. The second-order valence-electron chi connectivity index (χ2n) is 13.0. The molecule has 0 radical (unpaired) electrons. The molecule has 1 unspecified atom stereocenters. The van der Waals surface area contributed by atoms with Gasteiger partial charge in [0.25, 0.3) is 11.5 Å². The number of piperidine rings is 1. The maximum Gasteiger partial charge on any atom is 0.416 e. The van der Waals surface area contributed by atoms with E-state index in [0.29, 0.717) is 42.0 Å². The molecule has 1 saturated heterocycles. The van der Waals surface area contributed by atoms with Gasteiger partial charge in [0.15, 0.2) is 17.3 Å². The van der Waals surface area contributed by atoms with Gasteiger partial charge in [0.1, 0.15) is 12.9 Å². The highest BCUT2D eigenvalue weighted by molar-refractivity contribution is 6.33. The van der Waals surface area contributed by atoms with Crippen LogP contribution < -0.4 is 15.6 Å². The molecule has 7 rings (SSSR count). The number of amides is 2. The lowest BCUT2D eigenvalue weighted by atomic mass is 9.73. The molecule has 0 saturated carbocycles. The van der Waals surface area contributed by atoms with Gasteiger partial charge in [-0.25, -0.2) is 15.0 Å². The fourth-order valence-corrected chi connectivity index (χ4v) is 7.50. The minimum atomic E-state index is -4.62. The summed E-state index contributed by atoms with van der Waals surface area (Å²) in [4.78, 5) is 59.8. The maximum atomic E-state index is 14.5. The Morgan fingerprint density at radius 1 is 1.13 bits per heavy atom. The molecule has 1 aliphatic carbocycles. The van der Waals surface area contributed by atoms with Gasteiger partial charge in [-0.3, -0.25) is 14.4 Å². The van der Waals surface area contributed by atoms with Crippen molar-refractivity contribution in [2.24, 2.45) is 0 Å². The van der Waals surface area contributed by atoms with Gasteiger partial charge in [0.05, 0.1) is 29.1 Å². The SMILES string of the molecule is COc1ccc(-c2nc3n(CC(=O)Nc4ccc(C(F)(F)F)cc4Cl)c4c(c(=O)n3n2)C2(CCN(C(=O)c3ncnc(C)c3O)CC2)CC4C)cn1. The fourth-order valence-electron chi connectivity index (χ4n) is 7.27. The van der Waals surface area contributed by atoms with Crippen LogP contribution >= 0.6 is 11.6 Å². The molecule has 5 aromatic rings. The lowest BCUT2D eigenvalue weighted by Crippen LogP contribution is -2.46. The molecule has 2 aliphatic rings. The van der Waals surface area contributed by atoms with Crippen LogP contribution in [0.25, 0.3) is 17.2 Å². The Balaban J connectivity index is 1.28. The van der Waals surface area contributed by atoms with E-state index in [0.717, 1.165) is 22.7 Å². The summed E-state index contributed by atoms with van der Waals surface area (Å²) in [6.07, 6.45) is -0.578. The van der Waals surface area contributed by atoms with Gasteiger partial charge < -0.3 is 24.6 Å². The number of carbonyl (C=O) groups excluding carboxylic acids is 2. The van der Waals surface area contributed by atoms with Crippen molar-refractivity contribution >= 4 is 34.9 Å². The summed E-state index contributed by atoms with van der Waals surface area (Å²) in [5.41, 5.74) is -0.417. The number of halogens is 4. The molecule has 14 nitrogen and oxygen atoms in total. The Labute approximate surface area is 298 Å². The lowest BCUT2D eigenvalue weighted by Gasteiger charge is -2.39. The van der Waals surface area contributed by atoms with Crippen LogP contribution in [0.5, 0.6) is 11.6 Å². The number of aromatic nitrogens is 7. The summed E-state index contributed by atoms with van der Waals surface area (Å²) in [6.45, 7) is 3.66. The van der Waals surface area contributed by atoms with Crippen molar-refractivity contribution in [1.82, 2.24) is 39.0 Å². The van der Waals surface area contributed by atoms with Crippen LogP contribution in [0.2, 0.25) is 5.02 Å². The highest BCUT2D eigenvalue weighted by Gasteiger charge is 2.49. The molecule has 18 heteroatoms. The van der Waals surface area contributed by atoms with Crippen molar-refractivity contribution in [2.45, 2.75) is 57.2 Å². The first-order chi connectivity index (χ1) is 24.7. The Hall–Kier alpha value is -5.58. The van der Waals surface area contributed by atoms with E-state index >= 15 is 0 Å². The molecule has 52 heavy (non-hydrogen) atoms. The molecule has 1 spiro atoms. The van der Waals surface area contributed by atoms with Gasteiger partial charge in [0, 0.05) is 47.6 Å². The molecule has 5 heterocycles. The number of hydrogen-bond acceptors (Lipinski definition) is 10. The monoisotopic (exact) mass is 737 g/mol. The van der Waals surface area contributed by atoms with Crippen molar-refractivity contribution in [3.8, 4) is 23.0 Å². The minimum absolute atomic E-state index is 0.0219. The Kier molecular flexibility index (Phi) is 8.63. The molecule has 1 aliphatic heterocycles. The number of carbonyl (C=O) groups is 2. The summed E-state index contributed by atoms with van der Waals surface area (Å²) in [7, 11) is 1.47. The topological polar surface area (TPSA) is 170 Å². The molecule has 1 fully saturated rings. The molecule has 1 atom stereocenters. The quantitative estimate of drug-likeness (QED) is 0.248. The van der Waals surface area contributed by atoms with Crippen LogP contribution in [0.15, 0.2) is 47.7 Å². The number of anilines is 1. The van der Waals surface area contributed by atoms with Crippen LogP contribution in [-0.4, -0.2) is 76.1 Å². The third-order valence-corrected chi connectivity index (χ3v) is 10.1. The molecule has 270 valence electrons. The lowest BCUT2D eigenvalue weighted by molar-refractivity contribution is -0.137. The molecule has 0 bridgehead atoms. The number of ether oxygens (including phenoxy) is 1. The van der Waals surface area contributed by atoms with Crippen molar-refractivity contribution in [3.63, 3.8) is 0 Å². The average Bonchev–Trinajstić information content (AvgIpc) is 3.68. The van der Waals surface area contributed by atoms with Gasteiger partial charge in [-0.1, -0.05) is 18.5 Å². The predicted octanol–water partition coefficient (Wildman–Crippen LogP) is 4.76. The zero-order chi connectivity index (χ0) is 37.1. The normalized spacial score (nSPS) is 16.7.